The number of hydrogen-bond acceptors (Lipinski definition) is 3. The Bertz CT molecular complexity index is 466. The Balaban J connectivity index is 2.42. The van der Waals surface area contributed by atoms with Crippen LogP contribution in [0.2, 0.25) is 0 Å². The summed E-state index contributed by atoms with van der Waals surface area (Å²) in [5.74, 6) is 0.112. The number of aryl methyl sites for hydroxylation is 2. The van der Waals surface area contributed by atoms with Crippen molar-refractivity contribution < 1.29 is 4.79 Å². The van der Waals surface area contributed by atoms with Crippen LogP contribution in [0.4, 0.5) is 5.69 Å². The van der Waals surface area contributed by atoms with E-state index in [0.29, 0.717) is 12.6 Å². The Morgan fingerprint density at radius 1 is 1.32 bits per heavy atom. The molecule has 4 nitrogen and oxygen atoms in total. The molecule has 2 atom stereocenters. The zero-order chi connectivity index (χ0) is 14.2. The number of anilines is 1. The molecule has 1 aromatic carbocycles. The Morgan fingerprint density at radius 2 is 1.89 bits per heavy atom. The van der Waals surface area contributed by atoms with Gasteiger partial charge in [-0.1, -0.05) is 18.2 Å². The largest absolute Gasteiger partial charge is 0.328 e. The van der Waals surface area contributed by atoms with E-state index in [1.807, 2.05) is 18.0 Å². The Labute approximate surface area is 115 Å². The summed E-state index contributed by atoms with van der Waals surface area (Å²) in [6.45, 7) is 7.32. The summed E-state index contributed by atoms with van der Waals surface area (Å²) in [6.07, 6.45) is 0. The van der Waals surface area contributed by atoms with Crippen LogP contribution in [0.25, 0.3) is 0 Å². The van der Waals surface area contributed by atoms with Crippen molar-refractivity contribution in [1.29, 1.82) is 0 Å². The van der Waals surface area contributed by atoms with E-state index in [0.717, 1.165) is 23.4 Å². The van der Waals surface area contributed by atoms with Crippen molar-refractivity contribution in [3.8, 4) is 0 Å². The van der Waals surface area contributed by atoms with Crippen LogP contribution in [0.3, 0.4) is 0 Å². The quantitative estimate of drug-likeness (QED) is 0.873. The number of rotatable bonds is 2. The molecule has 0 radical (unpaired) electrons. The minimum atomic E-state index is -0.220. The Kier molecular flexibility index (Phi) is 3.92. The van der Waals surface area contributed by atoms with E-state index in [1.165, 1.54) is 0 Å². The van der Waals surface area contributed by atoms with Gasteiger partial charge in [0.15, 0.2) is 0 Å². The van der Waals surface area contributed by atoms with Crippen molar-refractivity contribution in [2.75, 3.05) is 25.0 Å². The van der Waals surface area contributed by atoms with Gasteiger partial charge in [0.2, 0.25) is 5.91 Å². The molecule has 0 aliphatic carbocycles. The minimum absolute atomic E-state index is 0.112. The molecule has 1 aliphatic rings. The second-order valence-electron chi connectivity index (χ2n) is 5.46. The van der Waals surface area contributed by atoms with Gasteiger partial charge in [-0.3, -0.25) is 9.69 Å². The highest BCUT2D eigenvalue weighted by molar-refractivity contribution is 5.99. The fraction of sp³-hybridized carbons (Fsp3) is 0.533. The molecule has 19 heavy (non-hydrogen) atoms. The number of nitrogens with two attached hydrogens (primary N) is 1. The van der Waals surface area contributed by atoms with E-state index in [1.54, 1.807) is 0 Å². The van der Waals surface area contributed by atoms with E-state index in [2.05, 4.69) is 37.8 Å². The molecule has 2 rings (SSSR count). The molecule has 4 heteroatoms. The monoisotopic (exact) mass is 261 g/mol. The summed E-state index contributed by atoms with van der Waals surface area (Å²) in [6, 6.07) is 6.22. The van der Waals surface area contributed by atoms with Crippen molar-refractivity contribution in [1.82, 2.24) is 4.90 Å². The first kappa shape index (κ1) is 14.0. The van der Waals surface area contributed by atoms with Crippen LogP contribution in [0, 0.1) is 13.8 Å². The molecule has 2 N–H and O–H groups in total. The van der Waals surface area contributed by atoms with Crippen molar-refractivity contribution in [3.63, 3.8) is 0 Å². The van der Waals surface area contributed by atoms with E-state index < -0.39 is 0 Å². The SMILES string of the molecule is Cc1cccc(C)c1N1CC(C)N(C)C(CN)C1=O. The zero-order valence-electron chi connectivity index (χ0n) is 12.2. The first-order valence-corrected chi connectivity index (χ1v) is 6.77. The van der Waals surface area contributed by atoms with Gasteiger partial charge in [0.25, 0.3) is 0 Å². The van der Waals surface area contributed by atoms with Crippen molar-refractivity contribution >= 4 is 11.6 Å². The third kappa shape index (κ3) is 2.38. The number of benzene rings is 1. The fourth-order valence-corrected chi connectivity index (χ4v) is 2.84. The lowest BCUT2D eigenvalue weighted by Gasteiger charge is -2.43. The number of para-hydroxylation sites is 1. The van der Waals surface area contributed by atoms with Gasteiger partial charge in [-0.2, -0.15) is 0 Å². The number of piperazine rings is 1. The number of amides is 1. The number of likely N-dealkylation sites (N-methyl/N-ethyl adjacent to an activating group) is 1. The lowest BCUT2D eigenvalue weighted by Crippen LogP contribution is -2.62. The first-order chi connectivity index (χ1) is 8.97. The summed E-state index contributed by atoms with van der Waals surface area (Å²) in [5, 5.41) is 0. The standard InChI is InChI=1S/C15H23N3O/c1-10-6-5-7-11(2)14(10)18-9-12(3)17(4)13(8-16)15(18)19/h5-7,12-13H,8-9,16H2,1-4H3. The molecular weight excluding hydrogens is 238 g/mol. The molecule has 0 spiro atoms. The van der Waals surface area contributed by atoms with E-state index >= 15 is 0 Å². The molecule has 1 fully saturated rings. The predicted molar refractivity (Wildman–Crippen MR) is 78.3 cm³/mol. The number of nitrogens with zero attached hydrogens (tertiary/aromatic N) is 2. The van der Waals surface area contributed by atoms with Gasteiger partial charge in [0.1, 0.15) is 6.04 Å². The Morgan fingerprint density at radius 3 is 2.42 bits per heavy atom. The second-order valence-corrected chi connectivity index (χ2v) is 5.46. The molecule has 1 heterocycles. The highest BCUT2D eigenvalue weighted by Crippen LogP contribution is 2.28. The molecule has 0 saturated carbocycles. The van der Waals surface area contributed by atoms with Gasteiger partial charge in [-0.05, 0) is 38.9 Å². The normalized spacial score (nSPS) is 24.9. The third-order valence-corrected chi connectivity index (χ3v) is 4.12. The van der Waals surface area contributed by atoms with Crippen molar-refractivity contribution in [2.24, 2.45) is 5.73 Å². The number of carbonyl (C=O) groups is 1. The molecule has 1 saturated heterocycles. The smallest absolute Gasteiger partial charge is 0.245 e. The van der Waals surface area contributed by atoms with E-state index in [-0.39, 0.29) is 11.9 Å². The lowest BCUT2D eigenvalue weighted by molar-refractivity contribution is -0.126. The average molecular weight is 261 g/mol. The first-order valence-electron chi connectivity index (χ1n) is 6.77. The molecule has 1 amide bonds. The van der Waals surface area contributed by atoms with Crippen molar-refractivity contribution in [2.45, 2.75) is 32.9 Å². The van der Waals surface area contributed by atoms with Gasteiger partial charge in [-0.15, -0.1) is 0 Å². The second kappa shape index (κ2) is 5.31. The van der Waals surface area contributed by atoms with Crippen LogP contribution in [0.15, 0.2) is 18.2 Å². The van der Waals surface area contributed by atoms with Gasteiger partial charge < -0.3 is 10.6 Å². The van der Waals surface area contributed by atoms with Crippen LogP contribution < -0.4 is 10.6 Å². The van der Waals surface area contributed by atoms with Crippen LogP contribution >= 0.6 is 0 Å². The highest BCUT2D eigenvalue weighted by Gasteiger charge is 2.37. The maximum absolute atomic E-state index is 12.6. The Hall–Kier alpha value is -1.39. The number of carbonyl (C=O) groups excluding carboxylic acids is 1. The van der Waals surface area contributed by atoms with Crippen LogP contribution in [0.1, 0.15) is 18.1 Å². The topological polar surface area (TPSA) is 49.6 Å². The summed E-state index contributed by atoms with van der Waals surface area (Å²) < 4.78 is 0. The predicted octanol–water partition coefficient (Wildman–Crippen LogP) is 1.30. The number of hydrogen-bond donors (Lipinski definition) is 1. The maximum atomic E-state index is 12.6. The van der Waals surface area contributed by atoms with Crippen LogP contribution in [0.5, 0.6) is 0 Å². The molecular formula is C15H23N3O. The lowest BCUT2D eigenvalue weighted by atomic mass is 10.0. The summed E-state index contributed by atoms with van der Waals surface area (Å²) in [5.41, 5.74) is 9.10. The van der Waals surface area contributed by atoms with E-state index in [9.17, 15) is 4.79 Å². The molecule has 1 aromatic rings. The molecule has 104 valence electrons. The van der Waals surface area contributed by atoms with Gasteiger partial charge in [0, 0.05) is 24.8 Å². The van der Waals surface area contributed by atoms with Crippen LogP contribution in [-0.4, -0.2) is 43.0 Å². The summed E-state index contributed by atoms with van der Waals surface area (Å²) >= 11 is 0. The molecule has 2 unspecified atom stereocenters. The van der Waals surface area contributed by atoms with Crippen LogP contribution in [-0.2, 0) is 4.79 Å². The summed E-state index contributed by atoms with van der Waals surface area (Å²) in [4.78, 5) is 16.6. The fourth-order valence-electron chi connectivity index (χ4n) is 2.84. The van der Waals surface area contributed by atoms with Crippen molar-refractivity contribution in [3.05, 3.63) is 29.3 Å². The van der Waals surface area contributed by atoms with E-state index in [4.69, 9.17) is 5.73 Å². The molecule has 1 aliphatic heterocycles. The maximum Gasteiger partial charge on any atom is 0.245 e. The zero-order valence-corrected chi connectivity index (χ0v) is 12.2. The third-order valence-electron chi connectivity index (χ3n) is 4.12. The highest BCUT2D eigenvalue weighted by atomic mass is 16.2. The van der Waals surface area contributed by atoms with Gasteiger partial charge in [-0.25, -0.2) is 0 Å². The summed E-state index contributed by atoms with van der Waals surface area (Å²) in [7, 11) is 1.97. The molecule has 0 bridgehead atoms. The minimum Gasteiger partial charge on any atom is -0.328 e. The average Bonchev–Trinajstić information content (AvgIpc) is 2.36. The van der Waals surface area contributed by atoms with Gasteiger partial charge >= 0.3 is 0 Å². The van der Waals surface area contributed by atoms with Gasteiger partial charge in [0.05, 0.1) is 0 Å². The molecule has 0 aromatic heterocycles.